The number of alkyl halides is 3. The van der Waals surface area contributed by atoms with Crippen LogP contribution >= 0.6 is 12.2 Å². The first-order valence-electron chi connectivity index (χ1n) is 6.90. The summed E-state index contributed by atoms with van der Waals surface area (Å²) in [6, 6.07) is -0.978. The quantitative estimate of drug-likeness (QED) is 0.348. The van der Waals surface area contributed by atoms with Crippen LogP contribution in [0.1, 0.15) is 38.3 Å². The molecule has 1 heterocycles. The number of hydrogen-bond donors (Lipinski definition) is 1. The molecule has 0 aliphatic carbocycles. The van der Waals surface area contributed by atoms with E-state index in [1.807, 2.05) is 13.8 Å². The molecule has 10 heteroatoms. The van der Waals surface area contributed by atoms with Crippen LogP contribution in [0.2, 0.25) is 0 Å². The molecule has 24 heavy (non-hydrogen) atoms. The standard InChI is InChI=1S/C11H8F4N2O2S.C2H6.CH3F/c12-7-4-5(17(18)19)3-6(9(7)13)10-11(14,15)2-1-8(20)16-10;2*1-2/h3-4,10H,1-2H2,(H,16,20);1-2H3;1H3. The lowest BCUT2D eigenvalue weighted by Crippen LogP contribution is -2.45. The van der Waals surface area contributed by atoms with Crippen molar-refractivity contribution >= 4 is 22.9 Å². The number of thiocarbonyl (C=S) groups is 1. The molecule has 1 aromatic carbocycles. The molecular formula is C14H17F5N2O2S. The molecule has 136 valence electrons. The summed E-state index contributed by atoms with van der Waals surface area (Å²) in [4.78, 5) is 9.70. The Labute approximate surface area is 141 Å². The Hall–Kier alpha value is -1.84. The molecular weight excluding hydrogens is 355 g/mol. The van der Waals surface area contributed by atoms with Crippen molar-refractivity contribution in [1.82, 2.24) is 5.32 Å². The maximum absolute atomic E-state index is 13.8. The van der Waals surface area contributed by atoms with Gasteiger partial charge in [0.05, 0.1) is 23.2 Å². The Bertz CT molecular complexity index is 599. The first-order valence-corrected chi connectivity index (χ1v) is 7.31. The maximum Gasteiger partial charge on any atom is 0.272 e. The van der Waals surface area contributed by atoms with Crippen molar-refractivity contribution in [3.05, 3.63) is 39.4 Å². The average molecular weight is 372 g/mol. The molecule has 1 N–H and O–H groups in total. The Balaban J connectivity index is 0.00000123. The van der Waals surface area contributed by atoms with Crippen molar-refractivity contribution in [3.8, 4) is 0 Å². The van der Waals surface area contributed by atoms with Crippen molar-refractivity contribution < 1.29 is 26.9 Å². The highest BCUT2D eigenvalue weighted by atomic mass is 32.1. The molecule has 1 aromatic rings. The van der Waals surface area contributed by atoms with Gasteiger partial charge in [-0.1, -0.05) is 26.1 Å². The predicted molar refractivity (Wildman–Crippen MR) is 84.0 cm³/mol. The van der Waals surface area contributed by atoms with Crippen LogP contribution in [-0.2, 0) is 0 Å². The molecule has 1 atom stereocenters. The number of piperidine rings is 1. The second-order valence-corrected chi connectivity index (χ2v) is 4.84. The van der Waals surface area contributed by atoms with Gasteiger partial charge in [0.2, 0.25) is 0 Å². The Kier molecular flexibility index (Phi) is 8.73. The molecule has 2 rings (SSSR count). The lowest BCUT2D eigenvalue weighted by molar-refractivity contribution is -0.385. The summed E-state index contributed by atoms with van der Waals surface area (Å²) in [5.41, 5.74) is -1.60. The van der Waals surface area contributed by atoms with E-state index in [1.54, 1.807) is 0 Å². The zero-order valence-corrected chi connectivity index (χ0v) is 14.0. The van der Waals surface area contributed by atoms with Crippen LogP contribution in [-0.4, -0.2) is 23.0 Å². The van der Waals surface area contributed by atoms with Gasteiger partial charge in [-0.25, -0.2) is 17.6 Å². The fourth-order valence-electron chi connectivity index (χ4n) is 1.98. The predicted octanol–water partition coefficient (Wildman–Crippen LogP) is 4.87. The molecule has 1 saturated heterocycles. The van der Waals surface area contributed by atoms with Crippen LogP contribution in [0.25, 0.3) is 0 Å². The van der Waals surface area contributed by atoms with E-state index in [0.29, 0.717) is 19.3 Å². The molecule has 0 aromatic heterocycles. The fraction of sp³-hybridized carbons (Fsp3) is 0.500. The minimum atomic E-state index is -3.38. The zero-order valence-electron chi connectivity index (χ0n) is 13.2. The first-order chi connectivity index (χ1) is 11.2. The molecule has 0 bridgehead atoms. The van der Waals surface area contributed by atoms with Crippen LogP contribution in [0, 0.1) is 21.7 Å². The third kappa shape index (κ3) is 5.08. The van der Waals surface area contributed by atoms with Gasteiger partial charge in [0.15, 0.2) is 11.6 Å². The molecule has 1 aliphatic heterocycles. The number of nitrogens with one attached hydrogen (secondary N) is 1. The van der Waals surface area contributed by atoms with Crippen molar-refractivity contribution in [2.45, 2.75) is 38.7 Å². The number of benzene rings is 1. The van der Waals surface area contributed by atoms with Gasteiger partial charge >= 0.3 is 0 Å². The van der Waals surface area contributed by atoms with Gasteiger partial charge < -0.3 is 5.32 Å². The van der Waals surface area contributed by atoms with E-state index in [9.17, 15) is 32.1 Å². The van der Waals surface area contributed by atoms with E-state index in [1.165, 1.54) is 0 Å². The van der Waals surface area contributed by atoms with Crippen LogP contribution in [0.15, 0.2) is 12.1 Å². The highest BCUT2D eigenvalue weighted by Crippen LogP contribution is 2.40. The number of halogens is 5. The molecule has 0 saturated carbocycles. The second-order valence-electron chi connectivity index (χ2n) is 4.35. The third-order valence-electron chi connectivity index (χ3n) is 2.98. The molecule has 1 aliphatic rings. The molecule has 1 unspecified atom stereocenters. The van der Waals surface area contributed by atoms with E-state index in [-0.39, 0.29) is 11.4 Å². The Morgan fingerprint density at radius 1 is 1.29 bits per heavy atom. The van der Waals surface area contributed by atoms with Gasteiger partial charge in [-0.2, -0.15) is 0 Å². The summed E-state index contributed by atoms with van der Waals surface area (Å²) >= 11 is 4.75. The van der Waals surface area contributed by atoms with Crippen molar-refractivity contribution in [2.75, 3.05) is 7.18 Å². The minimum Gasteiger partial charge on any atom is -0.367 e. The van der Waals surface area contributed by atoms with Crippen molar-refractivity contribution in [2.24, 2.45) is 0 Å². The summed E-state index contributed by atoms with van der Waals surface area (Å²) in [5, 5.41) is 12.8. The monoisotopic (exact) mass is 372 g/mol. The van der Waals surface area contributed by atoms with Crippen LogP contribution < -0.4 is 5.32 Å². The molecule has 4 nitrogen and oxygen atoms in total. The number of hydrogen-bond acceptors (Lipinski definition) is 3. The van der Waals surface area contributed by atoms with Crippen molar-refractivity contribution in [3.63, 3.8) is 0 Å². The fourth-order valence-corrected chi connectivity index (χ4v) is 2.20. The first kappa shape index (κ1) is 22.2. The van der Waals surface area contributed by atoms with Gasteiger partial charge in [-0.3, -0.25) is 14.5 Å². The maximum atomic E-state index is 13.8. The molecule has 0 spiro atoms. The van der Waals surface area contributed by atoms with E-state index < -0.39 is 46.2 Å². The minimum absolute atomic E-state index is 0.0761. The normalized spacial score (nSPS) is 18.3. The number of nitro benzene ring substituents is 1. The van der Waals surface area contributed by atoms with Crippen LogP contribution in [0.3, 0.4) is 0 Å². The Morgan fingerprint density at radius 3 is 2.33 bits per heavy atom. The average Bonchev–Trinajstić information content (AvgIpc) is 2.56. The van der Waals surface area contributed by atoms with Gasteiger partial charge in [-0.15, -0.1) is 0 Å². The number of non-ortho nitro benzene ring substituents is 1. The summed E-state index contributed by atoms with van der Waals surface area (Å²) in [6.45, 7) is 4.00. The summed E-state index contributed by atoms with van der Waals surface area (Å²) in [6.07, 6.45) is -0.717. The van der Waals surface area contributed by atoms with E-state index in [4.69, 9.17) is 12.2 Å². The number of nitrogens with zero attached hydrogens (tertiary/aromatic N) is 1. The van der Waals surface area contributed by atoms with Gasteiger partial charge in [0.25, 0.3) is 11.6 Å². The number of nitro groups is 1. The van der Waals surface area contributed by atoms with E-state index >= 15 is 0 Å². The van der Waals surface area contributed by atoms with Gasteiger partial charge in [0.1, 0.15) is 6.04 Å². The van der Waals surface area contributed by atoms with Crippen molar-refractivity contribution in [1.29, 1.82) is 0 Å². The third-order valence-corrected chi connectivity index (χ3v) is 3.30. The topological polar surface area (TPSA) is 55.2 Å². The largest absolute Gasteiger partial charge is 0.367 e. The smallest absolute Gasteiger partial charge is 0.272 e. The second kappa shape index (κ2) is 9.45. The zero-order chi connectivity index (χ0) is 19.1. The lowest BCUT2D eigenvalue weighted by Gasteiger charge is -2.33. The SMILES string of the molecule is CC.CF.O=[N+]([O-])c1cc(F)c(F)c(C2NC(=S)CCC2(F)F)c1. The summed E-state index contributed by atoms with van der Waals surface area (Å²) in [5.74, 6) is -6.48. The molecule has 0 radical (unpaired) electrons. The van der Waals surface area contributed by atoms with Gasteiger partial charge in [0, 0.05) is 24.5 Å². The molecule has 1 fully saturated rings. The van der Waals surface area contributed by atoms with E-state index in [2.05, 4.69) is 5.32 Å². The summed E-state index contributed by atoms with van der Waals surface area (Å²) < 4.78 is 64.1. The number of rotatable bonds is 2. The highest BCUT2D eigenvalue weighted by molar-refractivity contribution is 7.80. The lowest BCUT2D eigenvalue weighted by atomic mass is 9.92. The summed E-state index contributed by atoms with van der Waals surface area (Å²) in [7, 11) is 0.500. The molecule has 0 amide bonds. The Morgan fingerprint density at radius 2 is 1.83 bits per heavy atom. The van der Waals surface area contributed by atoms with Crippen LogP contribution in [0.4, 0.5) is 27.6 Å². The van der Waals surface area contributed by atoms with Crippen LogP contribution in [0.5, 0.6) is 0 Å². The highest BCUT2D eigenvalue weighted by Gasteiger charge is 2.46. The van der Waals surface area contributed by atoms with E-state index in [0.717, 1.165) is 0 Å². The van der Waals surface area contributed by atoms with Gasteiger partial charge in [-0.05, 0) is 0 Å².